The molecule has 0 fully saturated rings. The molecule has 2 N–H and O–H groups in total. The van der Waals surface area contributed by atoms with Crippen molar-refractivity contribution >= 4 is 11.6 Å². The number of aryl methyl sites for hydroxylation is 1. The quantitative estimate of drug-likeness (QED) is 0.783. The highest BCUT2D eigenvalue weighted by molar-refractivity contribution is 6.31. The SMILES string of the molecule is CCc1cc(O)c(CNC)cc1Cl. The molecular formula is C10H14ClNO. The average molecular weight is 200 g/mol. The minimum Gasteiger partial charge on any atom is -0.508 e. The van der Waals surface area contributed by atoms with Crippen LogP contribution in [0.1, 0.15) is 18.1 Å². The topological polar surface area (TPSA) is 32.3 Å². The lowest BCUT2D eigenvalue weighted by Gasteiger charge is -2.07. The van der Waals surface area contributed by atoms with Crippen molar-refractivity contribution in [2.24, 2.45) is 0 Å². The first-order valence-electron chi connectivity index (χ1n) is 4.34. The summed E-state index contributed by atoms with van der Waals surface area (Å²) in [5, 5.41) is 13.3. The van der Waals surface area contributed by atoms with E-state index in [1.54, 1.807) is 6.07 Å². The summed E-state index contributed by atoms with van der Waals surface area (Å²) >= 11 is 6.00. The molecule has 0 amide bonds. The normalized spacial score (nSPS) is 10.4. The molecule has 0 unspecified atom stereocenters. The van der Waals surface area contributed by atoms with Crippen LogP contribution in [0.3, 0.4) is 0 Å². The zero-order chi connectivity index (χ0) is 9.84. The van der Waals surface area contributed by atoms with Crippen molar-refractivity contribution in [3.63, 3.8) is 0 Å². The second-order valence-electron chi connectivity index (χ2n) is 2.96. The molecular weight excluding hydrogens is 186 g/mol. The van der Waals surface area contributed by atoms with Gasteiger partial charge >= 0.3 is 0 Å². The maximum absolute atomic E-state index is 9.58. The number of rotatable bonds is 3. The lowest BCUT2D eigenvalue weighted by atomic mass is 10.1. The molecule has 0 radical (unpaired) electrons. The van der Waals surface area contributed by atoms with Gasteiger partial charge < -0.3 is 10.4 Å². The van der Waals surface area contributed by atoms with Crippen molar-refractivity contribution < 1.29 is 5.11 Å². The summed E-state index contributed by atoms with van der Waals surface area (Å²) in [6.07, 6.45) is 0.840. The summed E-state index contributed by atoms with van der Waals surface area (Å²) in [4.78, 5) is 0. The predicted molar refractivity (Wildman–Crippen MR) is 55.3 cm³/mol. The van der Waals surface area contributed by atoms with Crippen LogP contribution in [0.5, 0.6) is 5.75 Å². The molecule has 0 aliphatic carbocycles. The van der Waals surface area contributed by atoms with E-state index in [2.05, 4.69) is 5.32 Å². The van der Waals surface area contributed by atoms with E-state index in [-0.39, 0.29) is 0 Å². The Morgan fingerprint density at radius 3 is 2.62 bits per heavy atom. The Balaban J connectivity index is 3.05. The van der Waals surface area contributed by atoms with Crippen LogP contribution in [0.2, 0.25) is 5.02 Å². The third-order valence-corrected chi connectivity index (χ3v) is 2.35. The Hall–Kier alpha value is -0.730. The van der Waals surface area contributed by atoms with Gasteiger partial charge in [0.05, 0.1) is 0 Å². The molecule has 0 aliphatic rings. The van der Waals surface area contributed by atoms with E-state index < -0.39 is 0 Å². The van der Waals surface area contributed by atoms with E-state index in [1.165, 1.54) is 0 Å². The maximum Gasteiger partial charge on any atom is 0.120 e. The average Bonchev–Trinajstić information content (AvgIpc) is 2.11. The first-order valence-corrected chi connectivity index (χ1v) is 4.71. The van der Waals surface area contributed by atoms with Gasteiger partial charge in [0, 0.05) is 17.1 Å². The van der Waals surface area contributed by atoms with Gasteiger partial charge in [0.2, 0.25) is 0 Å². The first kappa shape index (κ1) is 10.4. The van der Waals surface area contributed by atoms with E-state index in [0.29, 0.717) is 12.3 Å². The highest BCUT2D eigenvalue weighted by Crippen LogP contribution is 2.26. The van der Waals surface area contributed by atoms with Gasteiger partial charge in [-0.15, -0.1) is 0 Å². The number of phenols is 1. The maximum atomic E-state index is 9.58. The number of hydrogen-bond donors (Lipinski definition) is 2. The predicted octanol–water partition coefficient (Wildman–Crippen LogP) is 2.33. The zero-order valence-corrected chi connectivity index (χ0v) is 8.65. The van der Waals surface area contributed by atoms with E-state index in [9.17, 15) is 5.11 Å². The third kappa shape index (κ3) is 2.36. The molecule has 0 bridgehead atoms. The van der Waals surface area contributed by atoms with Gasteiger partial charge in [-0.2, -0.15) is 0 Å². The minimum absolute atomic E-state index is 0.315. The summed E-state index contributed by atoms with van der Waals surface area (Å²) in [6, 6.07) is 3.54. The van der Waals surface area contributed by atoms with Crippen molar-refractivity contribution in [3.05, 3.63) is 28.3 Å². The summed E-state index contributed by atoms with van der Waals surface area (Å²) in [6.45, 7) is 2.65. The number of benzene rings is 1. The van der Waals surface area contributed by atoms with E-state index in [4.69, 9.17) is 11.6 Å². The van der Waals surface area contributed by atoms with E-state index in [1.807, 2.05) is 20.0 Å². The van der Waals surface area contributed by atoms with Crippen LogP contribution in [0.4, 0.5) is 0 Å². The summed E-state index contributed by atoms with van der Waals surface area (Å²) in [7, 11) is 1.83. The van der Waals surface area contributed by atoms with Crippen molar-refractivity contribution in [1.82, 2.24) is 5.32 Å². The van der Waals surface area contributed by atoms with Crippen molar-refractivity contribution in [2.75, 3.05) is 7.05 Å². The highest BCUT2D eigenvalue weighted by Gasteiger charge is 2.05. The van der Waals surface area contributed by atoms with Crippen molar-refractivity contribution in [1.29, 1.82) is 0 Å². The molecule has 0 saturated carbocycles. The largest absolute Gasteiger partial charge is 0.508 e. The summed E-state index contributed by atoms with van der Waals surface area (Å²) < 4.78 is 0. The van der Waals surface area contributed by atoms with Crippen LogP contribution in [0.15, 0.2) is 12.1 Å². The number of aromatic hydroxyl groups is 1. The van der Waals surface area contributed by atoms with Gasteiger partial charge in [-0.3, -0.25) is 0 Å². The molecule has 13 heavy (non-hydrogen) atoms. The molecule has 2 nitrogen and oxygen atoms in total. The molecule has 72 valence electrons. The zero-order valence-electron chi connectivity index (χ0n) is 7.89. The fourth-order valence-corrected chi connectivity index (χ4v) is 1.57. The Morgan fingerprint density at radius 2 is 2.08 bits per heavy atom. The number of hydrogen-bond acceptors (Lipinski definition) is 2. The molecule has 0 atom stereocenters. The van der Waals surface area contributed by atoms with Crippen LogP contribution in [-0.2, 0) is 13.0 Å². The Labute approximate surface area is 83.5 Å². The second kappa shape index (κ2) is 4.49. The van der Waals surface area contributed by atoms with Gasteiger partial charge in [0.15, 0.2) is 0 Å². The third-order valence-electron chi connectivity index (χ3n) is 2.00. The van der Waals surface area contributed by atoms with Crippen LogP contribution in [-0.4, -0.2) is 12.2 Å². The molecule has 0 heterocycles. The standard InChI is InChI=1S/C10H14ClNO/c1-3-7-5-10(13)8(6-12-2)4-9(7)11/h4-5,12-13H,3,6H2,1-2H3. The van der Waals surface area contributed by atoms with Gasteiger partial charge in [-0.1, -0.05) is 18.5 Å². The van der Waals surface area contributed by atoms with Crippen LogP contribution in [0.25, 0.3) is 0 Å². The highest BCUT2D eigenvalue weighted by atomic mass is 35.5. The Bertz CT molecular complexity index is 299. The fraction of sp³-hybridized carbons (Fsp3) is 0.400. The Kier molecular flexibility index (Phi) is 3.58. The van der Waals surface area contributed by atoms with Crippen LogP contribution < -0.4 is 5.32 Å². The van der Waals surface area contributed by atoms with Gasteiger partial charge in [0.25, 0.3) is 0 Å². The second-order valence-corrected chi connectivity index (χ2v) is 3.36. The lowest BCUT2D eigenvalue weighted by Crippen LogP contribution is -2.05. The first-order chi connectivity index (χ1) is 6.19. The number of phenolic OH excluding ortho intramolecular Hbond substituents is 1. The fourth-order valence-electron chi connectivity index (χ4n) is 1.25. The minimum atomic E-state index is 0.315. The molecule has 1 aromatic rings. The van der Waals surface area contributed by atoms with Gasteiger partial charge in [-0.05, 0) is 31.2 Å². The van der Waals surface area contributed by atoms with Crippen LogP contribution in [0, 0.1) is 0 Å². The summed E-state index contributed by atoms with van der Waals surface area (Å²) in [5.74, 6) is 0.315. The van der Waals surface area contributed by atoms with Gasteiger partial charge in [0.1, 0.15) is 5.75 Å². The van der Waals surface area contributed by atoms with Crippen LogP contribution >= 0.6 is 11.6 Å². The van der Waals surface area contributed by atoms with E-state index in [0.717, 1.165) is 22.6 Å². The molecule has 1 aromatic carbocycles. The molecule has 0 aromatic heterocycles. The molecule has 1 rings (SSSR count). The van der Waals surface area contributed by atoms with E-state index >= 15 is 0 Å². The van der Waals surface area contributed by atoms with Crippen molar-refractivity contribution in [3.8, 4) is 5.75 Å². The Morgan fingerprint density at radius 1 is 1.38 bits per heavy atom. The summed E-state index contributed by atoms with van der Waals surface area (Å²) in [5.41, 5.74) is 1.82. The molecule has 0 saturated heterocycles. The van der Waals surface area contributed by atoms with Crippen molar-refractivity contribution in [2.45, 2.75) is 19.9 Å². The smallest absolute Gasteiger partial charge is 0.120 e. The molecule has 0 aliphatic heterocycles. The lowest BCUT2D eigenvalue weighted by molar-refractivity contribution is 0.465. The number of nitrogens with one attached hydrogen (secondary N) is 1. The molecule has 3 heteroatoms. The molecule has 0 spiro atoms. The monoisotopic (exact) mass is 199 g/mol. The number of halogens is 1. The van der Waals surface area contributed by atoms with Gasteiger partial charge in [-0.25, -0.2) is 0 Å².